The maximum Gasteiger partial charge on any atom is 0.192 e. The molecule has 12 heavy (non-hydrogen) atoms. The topological polar surface area (TPSA) is 9.23 Å². The number of hydrogen-bond acceptors (Lipinski definition) is 1. The van der Waals surface area contributed by atoms with Crippen molar-refractivity contribution in [3.8, 4) is 0 Å². The lowest BCUT2D eigenvalue weighted by Gasteiger charge is -2.35. The fourth-order valence-corrected chi connectivity index (χ4v) is 6.40. The predicted octanol–water partition coefficient (Wildman–Crippen LogP) is 3.56. The molecule has 1 aliphatic rings. The highest BCUT2D eigenvalue weighted by atomic mass is 28.4. The first-order valence-corrected chi connectivity index (χ1v) is 7.89. The van der Waals surface area contributed by atoms with Crippen LogP contribution in [-0.4, -0.2) is 14.4 Å². The summed E-state index contributed by atoms with van der Waals surface area (Å²) in [6.45, 7) is 6.68. The Kier molecular flexibility index (Phi) is 3.78. The third-order valence-electron chi connectivity index (χ3n) is 2.89. The Morgan fingerprint density at radius 2 is 1.75 bits per heavy atom. The minimum atomic E-state index is -1.22. The molecule has 72 valence electrons. The van der Waals surface area contributed by atoms with Gasteiger partial charge in [-0.1, -0.05) is 26.2 Å². The van der Waals surface area contributed by atoms with Gasteiger partial charge in [0.15, 0.2) is 8.32 Å². The molecule has 0 atom stereocenters. The van der Waals surface area contributed by atoms with E-state index in [0.29, 0.717) is 6.10 Å². The zero-order valence-corrected chi connectivity index (χ0v) is 9.73. The lowest BCUT2D eigenvalue weighted by atomic mass is 10.3. The Morgan fingerprint density at radius 1 is 1.17 bits per heavy atom. The van der Waals surface area contributed by atoms with Gasteiger partial charge in [-0.3, -0.25) is 0 Å². The zero-order valence-electron chi connectivity index (χ0n) is 8.73. The van der Waals surface area contributed by atoms with Gasteiger partial charge in [0, 0.05) is 6.10 Å². The monoisotopic (exact) mass is 186 g/mol. The average molecular weight is 186 g/mol. The third-order valence-corrected chi connectivity index (χ3v) is 7.68. The summed E-state index contributed by atoms with van der Waals surface area (Å²) in [4.78, 5) is 0. The first kappa shape index (κ1) is 10.3. The van der Waals surface area contributed by atoms with Gasteiger partial charge in [0.25, 0.3) is 0 Å². The van der Waals surface area contributed by atoms with Gasteiger partial charge in [-0.2, -0.15) is 0 Å². The van der Waals surface area contributed by atoms with Crippen molar-refractivity contribution in [2.75, 3.05) is 0 Å². The quantitative estimate of drug-likeness (QED) is 0.612. The highest BCUT2D eigenvalue weighted by molar-refractivity contribution is 6.73. The first-order valence-electron chi connectivity index (χ1n) is 5.36. The molecular weight excluding hydrogens is 164 g/mol. The lowest BCUT2D eigenvalue weighted by molar-refractivity contribution is 0.220. The summed E-state index contributed by atoms with van der Waals surface area (Å²) in [7, 11) is -1.22. The van der Waals surface area contributed by atoms with E-state index < -0.39 is 8.32 Å². The summed E-state index contributed by atoms with van der Waals surface area (Å²) in [6, 6.07) is 4.16. The Bertz CT molecular complexity index is 128. The Labute approximate surface area is 77.6 Å². The van der Waals surface area contributed by atoms with Crippen LogP contribution in [0.3, 0.4) is 0 Å². The van der Waals surface area contributed by atoms with Crippen molar-refractivity contribution in [2.45, 2.75) is 64.3 Å². The van der Waals surface area contributed by atoms with Crippen LogP contribution in [0.2, 0.25) is 18.1 Å². The Morgan fingerprint density at radius 3 is 2.17 bits per heavy atom. The average Bonchev–Trinajstić information content (AvgIpc) is 2.05. The molecule has 0 amide bonds. The highest BCUT2D eigenvalue weighted by Gasteiger charge is 2.35. The minimum absolute atomic E-state index is 0.453. The van der Waals surface area contributed by atoms with Gasteiger partial charge < -0.3 is 4.43 Å². The van der Waals surface area contributed by atoms with Crippen molar-refractivity contribution in [1.29, 1.82) is 0 Å². The fraction of sp³-hybridized carbons (Fsp3) is 1.00. The van der Waals surface area contributed by atoms with Crippen LogP contribution < -0.4 is 0 Å². The lowest BCUT2D eigenvalue weighted by Crippen LogP contribution is -2.41. The molecule has 2 heteroatoms. The highest BCUT2D eigenvalue weighted by Crippen LogP contribution is 2.33. The number of hydrogen-bond donors (Lipinski definition) is 0. The van der Waals surface area contributed by atoms with Crippen molar-refractivity contribution >= 4 is 8.32 Å². The van der Waals surface area contributed by atoms with Crippen molar-refractivity contribution in [2.24, 2.45) is 0 Å². The summed E-state index contributed by atoms with van der Waals surface area (Å²) < 4.78 is 6.17. The molecule has 0 N–H and O–H groups in total. The molecule has 0 bridgehead atoms. The molecule has 1 rings (SSSR count). The van der Waals surface area contributed by atoms with E-state index in [4.69, 9.17) is 4.43 Å². The van der Waals surface area contributed by atoms with Gasteiger partial charge in [-0.25, -0.2) is 0 Å². The molecule has 1 aliphatic heterocycles. The molecule has 1 saturated heterocycles. The largest absolute Gasteiger partial charge is 0.414 e. The molecule has 0 aromatic heterocycles. The first-order chi connectivity index (χ1) is 5.68. The Balaban J connectivity index is 2.48. The third kappa shape index (κ3) is 2.59. The SMILES string of the molecule is CC[Si]1(OC(C)C)CCCCC1. The van der Waals surface area contributed by atoms with Crippen LogP contribution in [0.4, 0.5) is 0 Å². The van der Waals surface area contributed by atoms with Crippen molar-refractivity contribution in [3.63, 3.8) is 0 Å². The standard InChI is InChI=1S/C10H22OSi/c1-4-12(11-10(2)3)8-6-5-7-9-12/h10H,4-9H2,1-3H3. The second kappa shape index (κ2) is 4.42. The van der Waals surface area contributed by atoms with E-state index in [-0.39, 0.29) is 0 Å². The van der Waals surface area contributed by atoms with Crippen LogP contribution in [0.5, 0.6) is 0 Å². The molecule has 0 aliphatic carbocycles. The van der Waals surface area contributed by atoms with Crippen molar-refractivity contribution in [1.82, 2.24) is 0 Å². The Hall–Kier alpha value is 0.177. The molecule has 1 fully saturated rings. The van der Waals surface area contributed by atoms with Gasteiger partial charge in [-0.05, 0) is 32.0 Å². The van der Waals surface area contributed by atoms with Gasteiger partial charge in [0.1, 0.15) is 0 Å². The van der Waals surface area contributed by atoms with Gasteiger partial charge in [0.2, 0.25) is 0 Å². The van der Waals surface area contributed by atoms with Gasteiger partial charge in [0.05, 0.1) is 0 Å². The van der Waals surface area contributed by atoms with Crippen molar-refractivity contribution in [3.05, 3.63) is 0 Å². The van der Waals surface area contributed by atoms with E-state index in [2.05, 4.69) is 20.8 Å². The van der Waals surface area contributed by atoms with Crippen LogP contribution in [0.15, 0.2) is 0 Å². The van der Waals surface area contributed by atoms with Crippen molar-refractivity contribution < 1.29 is 4.43 Å². The van der Waals surface area contributed by atoms with E-state index in [1.165, 1.54) is 37.4 Å². The summed E-state index contributed by atoms with van der Waals surface area (Å²) in [5.74, 6) is 0. The van der Waals surface area contributed by atoms with Crippen LogP contribution in [0.1, 0.15) is 40.0 Å². The van der Waals surface area contributed by atoms with Gasteiger partial charge in [-0.15, -0.1) is 0 Å². The van der Waals surface area contributed by atoms with Crippen LogP contribution in [-0.2, 0) is 4.43 Å². The zero-order chi connectivity index (χ0) is 9.03. The second-order valence-electron chi connectivity index (χ2n) is 4.26. The molecule has 0 unspecified atom stereocenters. The molecule has 1 nitrogen and oxygen atoms in total. The van der Waals surface area contributed by atoms with E-state index in [1.807, 2.05) is 0 Å². The molecule has 0 aromatic carbocycles. The van der Waals surface area contributed by atoms with Crippen LogP contribution >= 0.6 is 0 Å². The number of rotatable bonds is 3. The van der Waals surface area contributed by atoms with E-state index in [0.717, 1.165) is 0 Å². The summed E-state index contributed by atoms with van der Waals surface area (Å²) >= 11 is 0. The molecule has 0 radical (unpaired) electrons. The van der Waals surface area contributed by atoms with E-state index in [9.17, 15) is 0 Å². The molecule has 1 heterocycles. The minimum Gasteiger partial charge on any atom is -0.414 e. The smallest absolute Gasteiger partial charge is 0.192 e. The molecule has 0 aromatic rings. The van der Waals surface area contributed by atoms with E-state index in [1.54, 1.807) is 0 Å². The predicted molar refractivity (Wildman–Crippen MR) is 55.9 cm³/mol. The normalized spacial score (nSPS) is 23.0. The second-order valence-corrected chi connectivity index (χ2v) is 8.57. The molecular formula is C10H22OSi. The van der Waals surface area contributed by atoms with Gasteiger partial charge >= 0.3 is 0 Å². The summed E-state index contributed by atoms with van der Waals surface area (Å²) in [6.07, 6.45) is 4.74. The van der Waals surface area contributed by atoms with Crippen LogP contribution in [0.25, 0.3) is 0 Å². The maximum atomic E-state index is 6.17. The molecule has 0 saturated carbocycles. The fourth-order valence-electron chi connectivity index (χ4n) is 2.25. The van der Waals surface area contributed by atoms with E-state index >= 15 is 0 Å². The maximum absolute atomic E-state index is 6.17. The molecule has 0 spiro atoms. The summed E-state index contributed by atoms with van der Waals surface area (Å²) in [5.41, 5.74) is 0. The van der Waals surface area contributed by atoms with Crippen LogP contribution in [0, 0.1) is 0 Å². The summed E-state index contributed by atoms with van der Waals surface area (Å²) in [5, 5.41) is 0.